The summed E-state index contributed by atoms with van der Waals surface area (Å²) in [4.78, 5) is 0. The van der Waals surface area contributed by atoms with Crippen molar-refractivity contribution in [2.45, 2.75) is 32.3 Å². The Morgan fingerprint density at radius 3 is 2.10 bits per heavy atom. The first-order valence-electron chi connectivity index (χ1n) is 6.80. The van der Waals surface area contributed by atoms with Crippen LogP contribution >= 0.6 is 0 Å². The van der Waals surface area contributed by atoms with E-state index in [2.05, 4.69) is 6.92 Å². The summed E-state index contributed by atoms with van der Waals surface area (Å²) in [7, 11) is 0. The van der Waals surface area contributed by atoms with Crippen LogP contribution in [-0.4, -0.2) is 5.11 Å². The second kappa shape index (κ2) is 6.62. The zero-order valence-corrected chi connectivity index (χ0v) is 11.4. The minimum Gasteiger partial charge on any atom is -0.388 e. The average molecular weight is 276 g/mol. The van der Waals surface area contributed by atoms with Gasteiger partial charge in [0.25, 0.3) is 0 Å². The third kappa shape index (κ3) is 3.87. The Morgan fingerprint density at radius 2 is 1.55 bits per heavy atom. The van der Waals surface area contributed by atoms with Gasteiger partial charge in [0.2, 0.25) is 0 Å². The summed E-state index contributed by atoms with van der Waals surface area (Å²) in [5, 5.41) is 10.1. The fourth-order valence-electron chi connectivity index (χ4n) is 2.27. The molecular formula is C17H18F2O. The number of benzene rings is 2. The third-order valence-corrected chi connectivity index (χ3v) is 3.25. The van der Waals surface area contributed by atoms with E-state index in [0.717, 1.165) is 24.5 Å². The Hall–Kier alpha value is -1.74. The molecule has 0 amide bonds. The molecule has 0 aliphatic carbocycles. The predicted molar refractivity (Wildman–Crippen MR) is 75.5 cm³/mol. The summed E-state index contributed by atoms with van der Waals surface area (Å²) in [6.45, 7) is 2.11. The number of aliphatic hydroxyl groups excluding tert-OH is 1. The van der Waals surface area contributed by atoms with E-state index in [-0.39, 0.29) is 6.42 Å². The van der Waals surface area contributed by atoms with Crippen LogP contribution in [0.1, 0.15) is 36.1 Å². The molecule has 0 aliphatic rings. The van der Waals surface area contributed by atoms with Crippen molar-refractivity contribution in [1.82, 2.24) is 0 Å². The summed E-state index contributed by atoms with van der Waals surface area (Å²) < 4.78 is 26.2. The van der Waals surface area contributed by atoms with Gasteiger partial charge in [-0.3, -0.25) is 0 Å². The predicted octanol–water partition coefficient (Wildman–Crippen LogP) is 4.19. The molecule has 2 rings (SSSR count). The fraction of sp³-hybridized carbons (Fsp3) is 0.294. The van der Waals surface area contributed by atoms with Crippen LogP contribution in [0.25, 0.3) is 0 Å². The highest BCUT2D eigenvalue weighted by molar-refractivity contribution is 5.26. The highest BCUT2D eigenvalue weighted by Gasteiger charge is 2.10. The van der Waals surface area contributed by atoms with Crippen molar-refractivity contribution in [3.63, 3.8) is 0 Å². The highest BCUT2D eigenvalue weighted by Crippen LogP contribution is 2.20. The molecule has 106 valence electrons. The van der Waals surface area contributed by atoms with Gasteiger partial charge in [-0.2, -0.15) is 0 Å². The Balaban J connectivity index is 2.08. The molecule has 1 nitrogen and oxygen atoms in total. The molecule has 0 radical (unpaired) electrons. The second-order valence-corrected chi connectivity index (χ2v) is 4.99. The lowest BCUT2D eigenvalue weighted by atomic mass is 9.99. The van der Waals surface area contributed by atoms with Gasteiger partial charge in [-0.25, -0.2) is 8.78 Å². The van der Waals surface area contributed by atoms with Crippen LogP contribution < -0.4 is 0 Å². The van der Waals surface area contributed by atoms with E-state index < -0.39 is 17.7 Å². The molecule has 1 atom stereocenters. The number of aliphatic hydroxyl groups is 1. The largest absolute Gasteiger partial charge is 0.388 e. The molecule has 1 N–H and O–H groups in total. The van der Waals surface area contributed by atoms with Crippen LogP contribution in [0.4, 0.5) is 8.78 Å². The minimum atomic E-state index is -0.758. The Morgan fingerprint density at radius 1 is 0.950 bits per heavy atom. The van der Waals surface area contributed by atoms with Gasteiger partial charge < -0.3 is 5.11 Å². The van der Waals surface area contributed by atoms with Crippen molar-refractivity contribution in [1.29, 1.82) is 0 Å². The maximum absolute atomic E-state index is 13.1. The van der Waals surface area contributed by atoms with Gasteiger partial charge in [-0.05, 0) is 35.2 Å². The summed E-state index contributed by atoms with van der Waals surface area (Å²) in [6, 6.07) is 11.0. The van der Waals surface area contributed by atoms with E-state index in [1.54, 1.807) is 0 Å². The summed E-state index contributed by atoms with van der Waals surface area (Å²) in [6.07, 6.45) is 1.52. The standard InChI is InChI=1S/C17H18F2O/c1-2-3-12-4-6-14(7-5-12)17(20)10-13-8-15(18)11-16(19)9-13/h4-9,11,17,20H,2-3,10H2,1H3. The first-order valence-corrected chi connectivity index (χ1v) is 6.80. The van der Waals surface area contributed by atoms with Crippen LogP contribution in [0.5, 0.6) is 0 Å². The first-order chi connectivity index (χ1) is 9.58. The molecule has 0 aliphatic heterocycles. The van der Waals surface area contributed by atoms with Crippen molar-refractivity contribution in [2.24, 2.45) is 0 Å². The molecule has 0 saturated carbocycles. The monoisotopic (exact) mass is 276 g/mol. The SMILES string of the molecule is CCCc1ccc(C(O)Cc2cc(F)cc(F)c2)cc1. The number of hydrogen-bond acceptors (Lipinski definition) is 1. The molecule has 0 spiro atoms. The zero-order chi connectivity index (χ0) is 14.5. The maximum atomic E-state index is 13.1. The van der Waals surface area contributed by atoms with Gasteiger partial charge in [0, 0.05) is 12.5 Å². The normalized spacial score (nSPS) is 12.4. The lowest BCUT2D eigenvalue weighted by Gasteiger charge is -2.12. The van der Waals surface area contributed by atoms with Crippen LogP contribution in [0.15, 0.2) is 42.5 Å². The molecule has 0 aromatic heterocycles. The van der Waals surface area contributed by atoms with Gasteiger partial charge in [0.05, 0.1) is 6.10 Å². The van der Waals surface area contributed by atoms with Gasteiger partial charge in [0.1, 0.15) is 11.6 Å². The molecule has 0 fully saturated rings. The maximum Gasteiger partial charge on any atom is 0.126 e. The van der Waals surface area contributed by atoms with Crippen molar-refractivity contribution in [3.8, 4) is 0 Å². The van der Waals surface area contributed by atoms with Crippen LogP contribution in [0.2, 0.25) is 0 Å². The van der Waals surface area contributed by atoms with Crippen molar-refractivity contribution in [3.05, 3.63) is 70.8 Å². The van der Waals surface area contributed by atoms with Crippen molar-refractivity contribution in [2.75, 3.05) is 0 Å². The summed E-state index contributed by atoms with van der Waals surface area (Å²) in [5.74, 6) is -1.24. The Bertz CT molecular complexity index is 543. The molecule has 0 bridgehead atoms. The van der Waals surface area contributed by atoms with Crippen LogP contribution in [0.3, 0.4) is 0 Å². The van der Waals surface area contributed by atoms with Gasteiger partial charge >= 0.3 is 0 Å². The molecule has 0 saturated heterocycles. The van der Waals surface area contributed by atoms with E-state index in [0.29, 0.717) is 5.56 Å². The minimum absolute atomic E-state index is 0.196. The Kier molecular flexibility index (Phi) is 4.85. The van der Waals surface area contributed by atoms with E-state index in [9.17, 15) is 13.9 Å². The second-order valence-electron chi connectivity index (χ2n) is 4.99. The fourth-order valence-corrected chi connectivity index (χ4v) is 2.27. The third-order valence-electron chi connectivity index (χ3n) is 3.25. The summed E-state index contributed by atoms with van der Waals surface area (Å²) in [5.41, 5.74) is 2.43. The molecule has 2 aromatic rings. The number of aryl methyl sites for hydroxylation is 1. The van der Waals surface area contributed by atoms with E-state index >= 15 is 0 Å². The molecule has 20 heavy (non-hydrogen) atoms. The molecule has 2 aromatic carbocycles. The number of hydrogen-bond donors (Lipinski definition) is 1. The molecule has 0 heterocycles. The van der Waals surface area contributed by atoms with Crippen LogP contribution in [0, 0.1) is 11.6 Å². The van der Waals surface area contributed by atoms with Crippen molar-refractivity contribution < 1.29 is 13.9 Å². The first kappa shape index (κ1) is 14.7. The van der Waals surface area contributed by atoms with Gasteiger partial charge in [-0.15, -0.1) is 0 Å². The molecular weight excluding hydrogens is 258 g/mol. The van der Waals surface area contributed by atoms with Gasteiger partial charge in [-0.1, -0.05) is 37.6 Å². The molecule has 3 heteroatoms. The topological polar surface area (TPSA) is 20.2 Å². The van der Waals surface area contributed by atoms with E-state index in [1.807, 2.05) is 24.3 Å². The van der Waals surface area contributed by atoms with E-state index in [4.69, 9.17) is 0 Å². The molecule has 1 unspecified atom stereocenters. The smallest absolute Gasteiger partial charge is 0.126 e. The summed E-state index contributed by atoms with van der Waals surface area (Å²) >= 11 is 0. The number of rotatable bonds is 5. The Labute approximate surface area is 117 Å². The van der Waals surface area contributed by atoms with E-state index in [1.165, 1.54) is 17.7 Å². The van der Waals surface area contributed by atoms with Crippen LogP contribution in [-0.2, 0) is 12.8 Å². The lowest BCUT2D eigenvalue weighted by Crippen LogP contribution is -2.03. The quantitative estimate of drug-likeness (QED) is 0.868. The lowest BCUT2D eigenvalue weighted by molar-refractivity contribution is 0.178. The zero-order valence-electron chi connectivity index (χ0n) is 11.4. The van der Waals surface area contributed by atoms with Crippen molar-refractivity contribution >= 4 is 0 Å². The highest BCUT2D eigenvalue weighted by atomic mass is 19.1. The van der Waals surface area contributed by atoms with Gasteiger partial charge in [0.15, 0.2) is 0 Å². The number of halogens is 2. The average Bonchev–Trinajstić information content (AvgIpc) is 2.38.